The maximum atomic E-state index is 12.4. The first-order valence-electron chi connectivity index (χ1n) is 6.85. The van der Waals surface area contributed by atoms with Crippen molar-refractivity contribution in [2.24, 2.45) is 0 Å². The Balaban J connectivity index is 2.54. The van der Waals surface area contributed by atoms with Gasteiger partial charge in [-0.25, -0.2) is 0 Å². The number of benzene rings is 1. The largest absolute Gasteiger partial charge is 0.500 e. The number of rotatable bonds is 5. The number of ether oxygens (including phenoxy) is 1. The van der Waals surface area contributed by atoms with Gasteiger partial charge < -0.3 is 9.84 Å². The molecule has 1 fully saturated rings. The number of phenols is 1. The van der Waals surface area contributed by atoms with E-state index in [1.165, 1.54) is 19.3 Å². The molecule has 1 saturated heterocycles. The van der Waals surface area contributed by atoms with Gasteiger partial charge >= 0.3 is 5.69 Å². The fourth-order valence-corrected chi connectivity index (χ4v) is 2.40. The van der Waals surface area contributed by atoms with Crippen molar-refractivity contribution in [3.05, 3.63) is 46.0 Å². The van der Waals surface area contributed by atoms with Gasteiger partial charge in [0.25, 0.3) is 11.8 Å². The molecule has 0 radical (unpaired) electrons. The topological polar surface area (TPSA) is 122 Å². The number of nitrogens with zero attached hydrogens (tertiary/aromatic N) is 2. The molecule has 2 rings (SSSR count). The van der Waals surface area contributed by atoms with E-state index >= 15 is 0 Å². The molecule has 0 saturated carbocycles. The maximum Gasteiger partial charge on any atom is 0.315 e. The van der Waals surface area contributed by atoms with E-state index in [1.54, 1.807) is 0 Å². The number of carbonyl (C=O) groups is 2. The van der Waals surface area contributed by atoms with Crippen molar-refractivity contribution in [1.82, 2.24) is 10.2 Å². The van der Waals surface area contributed by atoms with E-state index in [2.05, 4.69) is 11.9 Å². The van der Waals surface area contributed by atoms with Gasteiger partial charge in [0.15, 0.2) is 10.9 Å². The SMILES string of the molecule is C=CCN1C(=O)C(=Cc2cc(OC)c(O)c([N+](=O)[O-])c2)C(=O)NC1=S. The normalized spacial score (nSPS) is 16.0. The molecule has 0 aromatic heterocycles. The summed E-state index contributed by atoms with van der Waals surface area (Å²) in [6.07, 6.45) is 2.60. The van der Waals surface area contributed by atoms with Gasteiger partial charge in [-0.15, -0.1) is 6.58 Å². The molecule has 0 unspecified atom stereocenters. The van der Waals surface area contributed by atoms with Crippen LogP contribution in [0.5, 0.6) is 11.5 Å². The number of methoxy groups -OCH3 is 1. The van der Waals surface area contributed by atoms with Crippen molar-refractivity contribution >= 4 is 40.9 Å². The molecular formula is C15H13N3O6S. The number of nitro groups is 1. The zero-order valence-electron chi connectivity index (χ0n) is 13.0. The predicted octanol–water partition coefficient (Wildman–Crippen LogP) is 1.12. The summed E-state index contributed by atoms with van der Waals surface area (Å²) in [5.41, 5.74) is -0.753. The lowest BCUT2D eigenvalue weighted by atomic mass is 10.1. The molecule has 9 nitrogen and oxygen atoms in total. The average Bonchev–Trinajstić information content (AvgIpc) is 2.56. The Bertz CT molecular complexity index is 833. The summed E-state index contributed by atoms with van der Waals surface area (Å²) in [5, 5.41) is 23.1. The number of phenolic OH excluding ortho intramolecular Hbond substituents is 1. The highest BCUT2D eigenvalue weighted by Gasteiger charge is 2.33. The van der Waals surface area contributed by atoms with Crippen LogP contribution in [0.1, 0.15) is 5.56 Å². The highest BCUT2D eigenvalue weighted by Crippen LogP contribution is 2.37. The first-order valence-corrected chi connectivity index (χ1v) is 7.26. The molecule has 2 amide bonds. The lowest BCUT2D eigenvalue weighted by Crippen LogP contribution is -2.53. The Morgan fingerprint density at radius 3 is 2.72 bits per heavy atom. The summed E-state index contributed by atoms with van der Waals surface area (Å²) in [7, 11) is 1.22. The third-order valence-electron chi connectivity index (χ3n) is 3.30. The van der Waals surface area contributed by atoms with Gasteiger partial charge in [0.2, 0.25) is 5.75 Å². The summed E-state index contributed by atoms with van der Waals surface area (Å²) in [6.45, 7) is 3.60. The average molecular weight is 363 g/mol. The second kappa shape index (κ2) is 7.09. The minimum absolute atomic E-state index is 0.0543. The number of carbonyl (C=O) groups excluding carboxylic acids is 2. The summed E-state index contributed by atoms with van der Waals surface area (Å²) >= 11 is 4.93. The lowest BCUT2D eigenvalue weighted by Gasteiger charge is -2.27. The zero-order chi connectivity index (χ0) is 18.7. The van der Waals surface area contributed by atoms with Crippen LogP contribution >= 0.6 is 12.2 Å². The Hall–Kier alpha value is -3.27. The number of hydrogen-bond donors (Lipinski definition) is 2. The van der Waals surface area contributed by atoms with E-state index < -0.39 is 28.2 Å². The smallest absolute Gasteiger partial charge is 0.315 e. The Morgan fingerprint density at radius 1 is 1.48 bits per heavy atom. The van der Waals surface area contributed by atoms with E-state index in [1.807, 2.05) is 0 Å². The third-order valence-corrected chi connectivity index (χ3v) is 3.62. The van der Waals surface area contributed by atoms with E-state index in [0.29, 0.717) is 0 Å². The minimum Gasteiger partial charge on any atom is -0.500 e. The van der Waals surface area contributed by atoms with Gasteiger partial charge in [-0.05, 0) is 29.9 Å². The van der Waals surface area contributed by atoms with Crippen LogP contribution in [0, 0.1) is 10.1 Å². The molecule has 0 atom stereocenters. The number of hydrogen-bond acceptors (Lipinski definition) is 7. The standard InChI is InChI=1S/C15H13N3O6S/c1-3-4-17-14(21)9(13(20)16-15(17)25)5-8-6-10(18(22)23)12(19)11(7-8)24-2/h3,5-7,19H,1,4H2,2H3,(H,16,20,25). The summed E-state index contributed by atoms with van der Waals surface area (Å²) in [6, 6.07) is 2.29. The monoisotopic (exact) mass is 363 g/mol. The van der Waals surface area contributed by atoms with Crippen molar-refractivity contribution in [3.63, 3.8) is 0 Å². The van der Waals surface area contributed by atoms with E-state index in [9.17, 15) is 24.8 Å². The minimum atomic E-state index is -0.804. The molecular weight excluding hydrogens is 350 g/mol. The van der Waals surface area contributed by atoms with Gasteiger partial charge in [0.05, 0.1) is 12.0 Å². The molecule has 2 N–H and O–H groups in total. The van der Waals surface area contributed by atoms with Crippen LogP contribution in [0.4, 0.5) is 5.69 Å². The van der Waals surface area contributed by atoms with Gasteiger partial charge in [-0.1, -0.05) is 6.08 Å². The second-order valence-electron chi connectivity index (χ2n) is 4.87. The number of amides is 2. The van der Waals surface area contributed by atoms with Crippen LogP contribution in [0.3, 0.4) is 0 Å². The van der Waals surface area contributed by atoms with Crippen molar-refractivity contribution in [2.45, 2.75) is 0 Å². The van der Waals surface area contributed by atoms with Gasteiger partial charge in [-0.2, -0.15) is 0 Å². The fourth-order valence-electron chi connectivity index (χ4n) is 2.15. The van der Waals surface area contributed by atoms with Crippen LogP contribution in [-0.4, -0.2) is 45.5 Å². The van der Waals surface area contributed by atoms with Crippen LogP contribution in [0.2, 0.25) is 0 Å². The molecule has 1 heterocycles. The van der Waals surface area contributed by atoms with Crippen LogP contribution in [0.25, 0.3) is 6.08 Å². The Labute approximate surface area is 147 Å². The van der Waals surface area contributed by atoms with E-state index in [0.717, 1.165) is 17.0 Å². The number of aromatic hydroxyl groups is 1. The van der Waals surface area contributed by atoms with Crippen LogP contribution < -0.4 is 10.1 Å². The molecule has 0 spiro atoms. The molecule has 1 aliphatic rings. The second-order valence-corrected chi connectivity index (χ2v) is 5.26. The summed E-state index contributed by atoms with van der Waals surface area (Å²) < 4.78 is 4.88. The number of nitro benzene ring substituents is 1. The summed E-state index contributed by atoms with van der Waals surface area (Å²) in [4.78, 5) is 35.8. The van der Waals surface area contributed by atoms with Gasteiger partial charge in [-0.3, -0.25) is 29.9 Å². The third kappa shape index (κ3) is 3.48. The molecule has 130 valence electrons. The highest BCUT2D eigenvalue weighted by molar-refractivity contribution is 7.80. The maximum absolute atomic E-state index is 12.4. The molecule has 0 aliphatic carbocycles. The van der Waals surface area contributed by atoms with Crippen molar-refractivity contribution in [3.8, 4) is 11.5 Å². The first-order chi connectivity index (χ1) is 11.8. The Kier molecular flexibility index (Phi) is 5.13. The van der Waals surface area contributed by atoms with E-state index in [-0.39, 0.29) is 28.5 Å². The van der Waals surface area contributed by atoms with Crippen LogP contribution in [0.15, 0.2) is 30.4 Å². The van der Waals surface area contributed by atoms with Crippen molar-refractivity contribution in [2.75, 3.05) is 13.7 Å². The molecule has 1 aromatic carbocycles. The van der Waals surface area contributed by atoms with Gasteiger partial charge in [0.1, 0.15) is 5.57 Å². The number of nitrogens with one attached hydrogen (secondary N) is 1. The van der Waals surface area contributed by atoms with Crippen molar-refractivity contribution in [1.29, 1.82) is 0 Å². The summed E-state index contributed by atoms with van der Waals surface area (Å²) in [5.74, 6) is -2.21. The first kappa shape index (κ1) is 18.1. The lowest BCUT2D eigenvalue weighted by molar-refractivity contribution is -0.386. The van der Waals surface area contributed by atoms with Crippen LogP contribution in [-0.2, 0) is 9.59 Å². The molecule has 1 aromatic rings. The van der Waals surface area contributed by atoms with Crippen molar-refractivity contribution < 1.29 is 24.4 Å². The Morgan fingerprint density at radius 2 is 2.16 bits per heavy atom. The molecule has 25 heavy (non-hydrogen) atoms. The zero-order valence-corrected chi connectivity index (χ0v) is 13.8. The van der Waals surface area contributed by atoms with E-state index in [4.69, 9.17) is 17.0 Å². The highest BCUT2D eigenvalue weighted by atomic mass is 32.1. The predicted molar refractivity (Wildman–Crippen MR) is 91.9 cm³/mol. The molecule has 1 aliphatic heterocycles. The van der Waals surface area contributed by atoms with Gasteiger partial charge in [0, 0.05) is 12.6 Å². The number of thiocarbonyl (C=S) groups is 1. The fraction of sp³-hybridized carbons (Fsp3) is 0.133. The molecule has 10 heteroatoms. The molecule has 0 bridgehead atoms. The quantitative estimate of drug-likeness (QED) is 0.201.